The molecule has 1 aromatic carbocycles. The van der Waals surface area contributed by atoms with Crippen molar-refractivity contribution in [2.45, 2.75) is 20.4 Å². The van der Waals surface area contributed by atoms with Crippen molar-refractivity contribution < 1.29 is 9.21 Å². The van der Waals surface area contributed by atoms with Crippen molar-refractivity contribution in [1.82, 2.24) is 14.8 Å². The highest BCUT2D eigenvalue weighted by atomic mass is 16.4. The SMILES string of the molecule is CC(=O)N1CCN(Cc2nc(-c3ccccc3)oc2C)CC1. The molecule has 0 bridgehead atoms. The van der Waals surface area contributed by atoms with Crippen LogP contribution in [0.1, 0.15) is 18.4 Å². The van der Waals surface area contributed by atoms with Gasteiger partial charge in [-0.1, -0.05) is 18.2 Å². The van der Waals surface area contributed by atoms with E-state index >= 15 is 0 Å². The van der Waals surface area contributed by atoms with E-state index in [4.69, 9.17) is 4.42 Å². The van der Waals surface area contributed by atoms with Crippen LogP contribution in [0.2, 0.25) is 0 Å². The van der Waals surface area contributed by atoms with E-state index in [0.717, 1.165) is 49.7 Å². The lowest BCUT2D eigenvalue weighted by Gasteiger charge is -2.33. The van der Waals surface area contributed by atoms with Gasteiger partial charge in [0.2, 0.25) is 11.8 Å². The normalized spacial score (nSPS) is 16.0. The van der Waals surface area contributed by atoms with E-state index in [1.54, 1.807) is 6.92 Å². The average molecular weight is 299 g/mol. The number of oxazole rings is 1. The highest BCUT2D eigenvalue weighted by Crippen LogP contribution is 2.22. The van der Waals surface area contributed by atoms with Crippen molar-refractivity contribution in [1.29, 1.82) is 0 Å². The highest BCUT2D eigenvalue weighted by molar-refractivity contribution is 5.73. The number of nitrogens with zero attached hydrogens (tertiary/aromatic N) is 3. The summed E-state index contributed by atoms with van der Waals surface area (Å²) in [5.74, 6) is 1.70. The summed E-state index contributed by atoms with van der Waals surface area (Å²) in [5, 5.41) is 0. The number of rotatable bonds is 3. The summed E-state index contributed by atoms with van der Waals surface area (Å²) in [6, 6.07) is 9.95. The largest absolute Gasteiger partial charge is 0.441 e. The molecule has 1 fully saturated rings. The minimum Gasteiger partial charge on any atom is -0.441 e. The fraction of sp³-hybridized carbons (Fsp3) is 0.412. The minimum absolute atomic E-state index is 0.156. The zero-order valence-corrected chi connectivity index (χ0v) is 13.1. The summed E-state index contributed by atoms with van der Waals surface area (Å²) < 4.78 is 5.80. The predicted octanol–water partition coefficient (Wildman–Crippen LogP) is 2.31. The Hall–Kier alpha value is -2.14. The van der Waals surface area contributed by atoms with Crippen molar-refractivity contribution in [2.24, 2.45) is 0 Å². The van der Waals surface area contributed by atoms with Crippen LogP contribution in [0.5, 0.6) is 0 Å². The van der Waals surface area contributed by atoms with Crippen LogP contribution in [-0.2, 0) is 11.3 Å². The van der Waals surface area contributed by atoms with Crippen LogP contribution in [0.25, 0.3) is 11.5 Å². The third-order valence-electron chi connectivity index (χ3n) is 4.10. The molecule has 0 atom stereocenters. The van der Waals surface area contributed by atoms with Crippen molar-refractivity contribution in [3.8, 4) is 11.5 Å². The molecule has 1 aliphatic heterocycles. The van der Waals surface area contributed by atoms with E-state index < -0.39 is 0 Å². The van der Waals surface area contributed by atoms with E-state index in [0.29, 0.717) is 5.89 Å². The number of amides is 1. The molecule has 0 spiro atoms. The Balaban J connectivity index is 1.67. The molecule has 5 heteroatoms. The third kappa shape index (κ3) is 3.20. The Morgan fingerprint density at radius 3 is 2.50 bits per heavy atom. The van der Waals surface area contributed by atoms with Gasteiger partial charge in [-0.25, -0.2) is 4.98 Å². The van der Waals surface area contributed by atoms with Gasteiger partial charge in [0, 0.05) is 45.2 Å². The maximum absolute atomic E-state index is 11.4. The van der Waals surface area contributed by atoms with Gasteiger partial charge in [0.25, 0.3) is 0 Å². The first-order chi connectivity index (χ1) is 10.6. The summed E-state index contributed by atoms with van der Waals surface area (Å²) in [4.78, 5) is 20.2. The second-order valence-electron chi connectivity index (χ2n) is 5.67. The van der Waals surface area contributed by atoms with Gasteiger partial charge in [-0.2, -0.15) is 0 Å². The zero-order chi connectivity index (χ0) is 15.5. The van der Waals surface area contributed by atoms with Crippen molar-refractivity contribution >= 4 is 5.91 Å². The second-order valence-corrected chi connectivity index (χ2v) is 5.67. The smallest absolute Gasteiger partial charge is 0.226 e. The number of carbonyl (C=O) groups is 1. The standard InChI is InChI=1S/C17H21N3O2/c1-13-16(12-19-8-10-20(11-9-19)14(2)21)18-17(22-13)15-6-4-3-5-7-15/h3-7H,8-12H2,1-2H3. The number of benzene rings is 1. The lowest BCUT2D eigenvalue weighted by Crippen LogP contribution is -2.47. The Morgan fingerprint density at radius 1 is 1.18 bits per heavy atom. The molecule has 5 nitrogen and oxygen atoms in total. The van der Waals surface area contributed by atoms with Gasteiger partial charge in [0.05, 0.1) is 5.69 Å². The molecule has 116 valence electrons. The van der Waals surface area contributed by atoms with Crippen molar-refractivity contribution in [3.05, 3.63) is 41.8 Å². The van der Waals surface area contributed by atoms with Crippen LogP contribution in [0.15, 0.2) is 34.7 Å². The molecule has 0 unspecified atom stereocenters. The van der Waals surface area contributed by atoms with E-state index in [1.165, 1.54) is 0 Å². The molecular formula is C17H21N3O2. The number of piperazine rings is 1. The van der Waals surface area contributed by atoms with Gasteiger partial charge in [-0.3, -0.25) is 9.69 Å². The zero-order valence-electron chi connectivity index (χ0n) is 13.1. The van der Waals surface area contributed by atoms with Crippen LogP contribution in [0.4, 0.5) is 0 Å². The first-order valence-electron chi connectivity index (χ1n) is 7.63. The molecule has 1 amide bonds. The van der Waals surface area contributed by atoms with Crippen LogP contribution in [0.3, 0.4) is 0 Å². The predicted molar refractivity (Wildman–Crippen MR) is 84.2 cm³/mol. The number of hydrogen-bond donors (Lipinski definition) is 0. The summed E-state index contributed by atoms with van der Waals surface area (Å²) in [6.07, 6.45) is 0. The summed E-state index contributed by atoms with van der Waals surface area (Å²) in [5.41, 5.74) is 1.98. The topological polar surface area (TPSA) is 49.6 Å². The van der Waals surface area contributed by atoms with Crippen molar-refractivity contribution in [2.75, 3.05) is 26.2 Å². The van der Waals surface area contributed by atoms with Crippen LogP contribution in [0, 0.1) is 6.92 Å². The summed E-state index contributed by atoms with van der Waals surface area (Å²) in [6.45, 7) is 7.70. The van der Waals surface area contributed by atoms with E-state index in [9.17, 15) is 4.79 Å². The van der Waals surface area contributed by atoms with Gasteiger partial charge < -0.3 is 9.32 Å². The van der Waals surface area contributed by atoms with Crippen LogP contribution < -0.4 is 0 Å². The molecule has 0 aliphatic carbocycles. The monoisotopic (exact) mass is 299 g/mol. The third-order valence-corrected chi connectivity index (χ3v) is 4.10. The van der Waals surface area contributed by atoms with Gasteiger partial charge >= 0.3 is 0 Å². The first-order valence-corrected chi connectivity index (χ1v) is 7.63. The number of aromatic nitrogens is 1. The summed E-state index contributed by atoms with van der Waals surface area (Å²) >= 11 is 0. The molecule has 2 aromatic rings. The Morgan fingerprint density at radius 2 is 1.86 bits per heavy atom. The van der Waals surface area contributed by atoms with E-state index in [-0.39, 0.29) is 5.91 Å². The fourth-order valence-electron chi connectivity index (χ4n) is 2.71. The molecule has 1 aliphatic rings. The van der Waals surface area contributed by atoms with Gasteiger partial charge in [0.1, 0.15) is 5.76 Å². The molecule has 0 radical (unpaired) electrons. The Kier molecular flexibility index (Phi) is 4.24. The molecule has 1 saturated heterocycles. The quantitative estimate of drug-likeness (QED) is 0.872. The molecule has 22 heavy (non-hydrogen) atoms. The minimum atomic E-state index is 0.156. The average Bonchev–Trinajstić information content (AvgIpc) is 2.90. The van der Waals surface area contributed by atoms with Gasteiger partial charge in [-0.15, -0.1) is 0 Å². The van der Waals surface area contributed by atoms with Crippen LogP contribution in [-0.4, -0.2) is 46.9 Å². The lowest BCUT2D eigenvalue weighted by molar-refractivity contribution is -0.130. The lowest BCUT2D eigenvalue weighted by atomic mass is 10.2. The van der Waals surface area contributed by atoms with Crippen molar-refractivity contribution in [3.63, 3.8) is 0 Å². The second kappa shape index (κ2) is 6.32. The van der Waals surface area contributed by atoms with Gasteiger partial charge in [0.15, 0.2) is 0 Å². The highest BCUT2D eigenvalue weighted by Gasteiger charge is 2.21. The van der Waals surface area contributed by atoms with Crippen LogP contribution >= 0.6 is 0 Å². The first kappa shape index (κ1) is 14.8. The van der Waals surface area contributed by atoms with E-state index in [2.05, 4.69) is 9.88 Å². The maximum atomic E-state index is 11.4. The number of hydrogen-bond acceptors (Lipinski definition) is 4. The number of carbonyl (C=O) groups excluding carboxylic acids is 1. The maximum Gasteiger partial charge on any atom is 0.226 e. The summed E-state index contributed by atoms with van der Waals surface area (Å²) in [7, 11) is 0. The molecule has 1 aromatic heterocycles. The molecule has 2 heterocycles. The molecule has 0 N–H and O–H groups in total. The molecule has 3 rings (SSSR count). The van der Waals surface area contributed by atoms with Gasteiger partial charge in [-0.05, 0) is 19.1 Å². The fourth-order valence-corrected chi connectivity index (χ4v) is 2.71. The number of aryl methyl sites for hydroxylation is 1. The Labute approximate surface area is 130 Å². The van der Waals surface area contributed by atoms with E-state index in [1.807, 2.05) is 42.2 Å². The molecule has 0 saturated carbocycles. The molecular weight excluding hydrogens is 278 g/mol. The Bertz CT molecular complexity index is 643.